The molecule has 0 spiro atoms. The Kier molecular flexibility index (Phi) is 5.17. The van der Waals surface area contributed by atoms with E-state index in [1.807, 2.05) is 22.8 Å². The van der Waals surface area contributed by atoms with Crippen LogP contribution in [0, 0.1) is 6.92 Å². The number of carbonyl (C=O) groups excluding carboxylic acids is 2. The molecule has 2 rings (SSSR count). The van der Waals surface area contributed by atoms with Gasteiger partial charge >= 0.3 is 5.97 Å². The molecular weight excluding hydrogens is 344 g/mol. The molecule has 0 aliphatic carbocycles. The van der Waals surface area contributed by atoms with Crippen LogP contribution in [-0.4, -0.2) is 61.5 Å². The summed E-state index contributed by atoms with van der Waals surface area (Å²) in [6.07, 6.45) is 0. The van der Waals surface area contributed by atoms with Gasteiger partial charge < -0.3 is 9.64 Å². The molecule has 20 heavy (non-hydrogen) atoms. The Morgan fingerprint density at radius 1 is 1.35 bits per heavy atom. The fraction of sp³-hybridized carbons (Fsp3) is 0.538. The van der Waals surface area contributed by atoms with Crippen molar-refractivity contribution in [3.8, 4) is 0 Å². The summed E-state index contributed by atoms with van der Waals surface area (Å²) in [5.74, 6) is -0.163. The summed E-state index contributed by atoms with van der Waals surface area (Å²) in [6.45, 7) is 4.96. The van der Waals surface area contributed by atoms with E-state index < -0.39 is 0 Å². The first-order chi connectivity index (χ1) is 9.51. The summed E-state index contributed by atoms with van der Waals surface area (Å²) in [6, 6.07) is 1.91. The van der Waals surface area contributed by atoms with E-state index in [1.165, 1.54) is 18.4 Å². The van der Waals surface area contributed by atoms with Crippen LogP contribution in [0.4, 0.5) is 0 Å². The Morgan fingerprint density at radius 2 is 2.00 bits per heavy atom. The van der Waals surface area contributed by atoms with Gasteiger partial charge in [0, 0.05) is 26.2 Å². The number of rotatable bonds is 3. The van der Waals surface area contributed by atoms with Crippen molar-refractivity contribution in [2.24, 2.45) is 0 Å². The molecule has 0 bridgehead atoms. The maximum atomic E-state index is 12.4. The highest BCUT2D eigenvalue weighted by molar-refractivity contribution is 9.11. The largest absolute Gasteiger partial charge is 0.468 e. The average molecular weight is 361 g/mol. The second-order valence-electron chi connectivity index (χ2n) is 4.71. The van der Waals surface area contributed by atoms with Gasteiger partial charge in [0.05, 0.1) is 22.3 Å². The quantitative estimate of drug-likeness (QED) is 0.770. The lowest BCUT2D eigenvalue weighted by molar-refractivity contribution is -0.142. The minimum atomic E-state index is -0.234. The summed E-state index contributed by atoms with van der Waals surface area (Å²) in [4.78, 5) is 28.2. The smallest absolute Gasteiger partial charge is 0.319 e. The Balaban J connectivity index is 1.90. The zero-order chi connectivity index (χ0) is 14.7. The van der Waals surface area contributed by atoms with Gasteiger partial charge in [-0.3, -0.25) is 14.5 Å². The highest BCUT2D eigenvalue weighted by Gasteiger charge is 2.24. The number of ether oxygens (including phenoxy) is 1. The van der Waals surface area contributed by atoms with Crippen LogP contribution in [-0.2, 0) is 9.53 Å². The lowest BCUT2D eigenvalue weighted by Crippen LogP contribution is -2.49. The third kappa shape index (κ3) is 3.59. The van der Waals surface area contributed by atoms with Gasteiger partial charge in [-0.15, -0.1) is 11.3 Å². The number of amides is 1. The molecule has 0 radical (unpaired) electrons. The normalized spacial score (nSPS) is 16.2. The zero-order valence-electron chi connectivity index (χ0n) is 11.5. The van der Waals surface area contributed by atoms with Crippen molar-refractivity contribution in [1.29, 1.82) is 0 Å². The Hall–Kier alpha value is -0.920. The Labute approximate surface area is 130 Å². The number of thiophene rings is 1. The van der Waals surface area contributed by atoms with Crippen LogP contribution in [0.15, 0.2) is 9.85 Å². The highest BCUT2D eigenvalue weighted by Crippen LogP contribution is 2.28. The van der Waals surface area contributed by atoms with Crippen LogP contribution in [0.1, 0.15) is 15.2 Å². The first-order valence-electron chi connectivity index (χ1n) is 6.35. The van der Waals surface area contributed by atoms with Gasteiger partial charge in [0.15, 0.2) is 0 Å². The number of carbonyl (C=O) groups is 2. The van der Waals surface area contributed by atoms with Crippen LogP contribution in [0.2, 0.25) is 0 Å². The number of methoxy groups -OCH3 is 1. The van der Waals surface area contributed by atoms with E-state index in [-0.39, 0.29) is 11.9 Å². The van der Waals surface area contributed by atoms with Crippen molar-refractivity contribution in [3.63, 3.8) is 0 Å². The lowest BCUT2D eigenvalue weighted by Gasteiger charge is -2.33. The summed E-state index contributed by atoms with van der Waals surface area (Å²) in [5.41, 5.74) is 1.09. The molecule has 110 valence electrons. The van der Waals surface area contributed by atoms with Crippen molar-refractivity contribution < 1.29 is 14.3 Å². The summed E-state index contributed by atoms with van der Waals surface area (Å²) in [5, 5.41) is 0. The summed E-state index contributed by atoms with van der Waals surface area (Å²) >= 11 is 4.91. The first-order valence-corrected chi connectivity index (χ1v) is 7.96. The van der Waals surface area contributed by atoms with E-state index in [2.05, 4.69) is 20.7 Å². The predicted octanol–water partition coefficient (Wildman–Crippen LogP) is 1.75. The third-order valence-corrected chi connectivity index (χ3v) is 5.43. The molecule has 1 aromatic rings. The van der Waals surface area contributed by atoms with E-state index in [4.69, 9.17) is 0 Å². The molecule has 0 N–H and O–H groups in total. The predicted molar refractivity (Wildman–Crippen MR) is 81.1 cm³/mol. The van der Waals surface area contributed by atoms with Crippen molar-refractivity contribution in [1.82, 2.24) is 9.80 Å². The summed E-state index contributed by atoms with van der Waals surface area (Å²) < 4.78 is 5.65. The molecule has 1 aliphatic heterocycles. The van der Waals surface area contributed by atoms with Gasteiger partial charge in [0.25, 0.3) is 5.91 Å². The molecule has 2 heterocycles. The fourth-order valence-electron chi connectivity index (χ4n) is 2.08. The van der Waals surface area contributed by atoms with Crippen LogP contribution in [0.3, 0.4) is 0 Å². The molecule has 1 aliphatic rings. The minimum absolute atomic E-state index is 0.0709. The molecule has 5 nitrogen and oxygen atoms in total. The number of piperazine rings is 1. The van der Waals surface area contributed by atoms with Gasteiger partial charge in [-0.2, -0.15) is 0 Å². The maximum absolute atomic E-state index is 12.4. The number of nitrogens with zero attached hydrogens (tertiary/aromatic N) is 2. The number of hydrogen-bond acceptors (Lipinski definition) is 5. The minimum Gasteiger partial charge on any atom is -0.468 e. The molecule has 0 unspecified atom stereocenters. The number of esters is 1. The fourth-order valence-corrected chi connectivity index (χ4v) is 3.58. The van der Waals surface area contributed by atoms with Gasteiger partial charge in [-0.05, 0) is 34.5 Å². The molecule has 0 aromatic carbocycles. The van der Waals surface area contributed by atoms with Crippen LogP contribution in [0.25, 0.3) is 0 Å². The highest BCUT2D eigenvalue weighted by atomic mass is 79.9. The van der Waals surface area contributed by atoms with Gasteiger partial charge in [0.1, 0.15) is 0 Å². The lowest BCUT2D eigenvalue weighted by atomic mass is 10.2. The van der Waals surface area contributed by atoms with Crippen molar-refractivity contribution in [2.75, 3.05) is 39.8 Å². The molecule has 1 saturated heterocycles. The van der Waals surface area contributed by atoms with Gasteiger partial charge in [-0.25, -0.2) is 0 Å². The number of aryl methyl sites for hydroxylation is 1. The Bertz CT molecular complexity index is 490. The van der Waals surface area contributed by atoms with Crippen molar-refractivity contribution >= 4 is 39.1 Å². The average Bonchev–Trinajstić information content (AvgIpc) is 2.78. The number of hydrogen-bond donors (Lipinski definition) is 0. The topological polar surface area (TPSA) is 49.9 Å². The number of halogens is 1. The van der Waals surface area contributed by atoms with Gasteiger partial charge in [-0.1, -0.05) is 0 Å². The third-order valence-electron chi connectivity index (χ3n) is 3.31. The van der Waals surface area contributed by atoms with Gasteiger partial charge in [0.2, 0.25) is 0 Å². The molecule has 1 aromatic heterocycles. The van der Waals surface area contributed by atoms with E-state index in [0.717, 1.165) is 14.2 Å². The van der Waals surface area contributed by atoms with E-state index in [1.54, 1.807) is 0 Å². The molecule has 0 saturated carbocycles. The molecular formula is C13H17BrN2O3S. The van der Waals surface area contributed by atoms with Crippen LogP contribution in [0.5, 0.6) is 0 Å². The Morgan fingerprint density at radius 3 is 2.50 bits per heavy atom. The monoisotopic (exact) mass is 360 g/mol. The molecule has 0 atom stereocenters. The standard InChI is InChI=1S/C13H17BrN2O3S/c1-9-7-10(20-12(9)14)13(18)16-5-3-15(4-6-16)8-11(17)19-2/h7H,3-6,8H2,1-2H3. The van der Waals surface area contributed by atoms with E-state index >= 15 is 0 Å². The molecule has 7 heteroatoms. The first kappa shape index (κ1) is 15.5. The van der Waals surface area contributed by atoms with Crippen LogP contribution >= 0.6 is 27.3 Å². The maximum Gasteiger partial charge on any atom is 0.319 e. The van der Waals surface area contributed by atoms with E-state index in [9.17, 15) is 9.59 Å². The van der Waals surface area contributed by atoms with Crippen LogP contribution < -0.4 is 0 Å². The zero-order valence-corrected chi connectivity index (χ0v) is 13.9. The molecule has 1 amide bonds. The van der Waals surface area contributed by atoms with Crippen molar-refractivity contribution in [3.05, 3.63) is 20.3 Å². The second-order valence-corrected chi connectivity index (χ2v) is 7.08. The van der Waals surface area contributed by atoms with E-state index in [0.29, 0.717) is 32.7 Å². The second kappa shape index (κ2) is 6.69. The van der Waals surface area contributed by atoms with Crippen molar-refractivity contribution in [2.45, 2.75) is 6.92 Å². The summed E-state index contributed by atoms with van der Waals surface area (Å²) in [7, 11) is 1.39. The SMILES string of the molecule is COC(=O)CN1CCN(C(=O)c2cc(C)c(Br)s2)CC1. The molecule has 1 fully saturated rings.